The van der Waals surface area contributed by atoms with Crippen LogP contribution in [0.1, 0.15) is 43.0 Å². The van der Waals surface area contributed by atoms with Crippen LogP contribution in [-0.4, -0.2) is 29.9 Å². The largest absolute Gasteiger partial charge is 0.489 e. The lowest BCUT2D eigenvalue weighted by atomic mass is 10.1. The number of nitrogens with one attached hydrogen (secondary N) is 1. The predicted octanol–water partition coefficient (Wildman–Crippen LogP) is 4.17. The third kappa shape index (κ3) is 9.78. The maximum absolute atomic E-state index is 12.0. The lowest BCUT2D eigenvalue weighted by molar-refractivity contribution is 0.0536. The number of alkyl carbamates (subject to hydrolysis) is 1. The first-order valence-electron chi connectivity index (χ1n) is 11.7. The highest BCUT2D eigenvalue weighted by molar-refractivity contribution is 6.03. The number of nitrogens with two attached hydrogens (primary N) is 2. The van der Waals surface area contributed by atoms with Gasteiger partial charge in [0.25, 0.3) is 0 Å². The van der Waals surface area contributed by atoms with Gasteiger partial charge >= 0.3 is 6.09 Å². The van der Waals surface area contributed by atoms with Crippen molar-refractivity contribution < 1.29 is 14.3 Å². The number of guanidine groups is 1. The number of rotatable bonds is 7. The Balaban J connectivity index is 1.63. The van der Waals surface area contributed by atoms with Gasteiger partial charge in [-0.25, -0.2) is 4.79 Å². The Morgan fingerprint density at radius 3 is 2.03 bits per heavy atom. The fraction of sp³-hybridized carbons (Fsp3) is 0.207. The molecule has 8 nitrogen and oxygen atoms in total. The molecule has 0 heterocycles. The van der Waals surface area contributed by atoms with E-state index >= 15 is 0 Å². The number of carbonyl (C=O) groups is 1. The molecule has 0 aliphatic rings. The zero-order chi connectivity index (χ0) is 26.7. The Kier molecular flexibility index (Phi) is 9.28. The van der Waals surface area contributed by atoms with E-state index in [1.54, 1.807) is 20.8 Å². The third-order valence-corrected chi connectivity index (χ3v) is 4.76. The van der Waals surface area contributed by atoms with Gasteiger partial charge < -0.3 is 26.3 Å². The van der Waals surface area contributed by atoms with Gasteiger partial charge in [-0.15, -0.1) is 10.2 Å². The normalized spacial score (nSPS) is 11.1. The first-order valence-corrected chi connectivity index (χ1v) is 11.7. The Morgan fingerprint density at radius 1 is 0.865 bits per heavy atom. The van der Waals surface area contributed by atoms with Crippen molar-refractivity contribution in [3.63, 3.8) is 0 Å². The molecule has 0 atom stereocenters. The number of hydrogen-bond donors (Lipinski definition) is 3. The van der Waals surface area contributed by atoms with E-state index in [9.17, 15) is 4.79 Å². The van der Waals surface area contributed by atoms with Crippen LogP contribution in [0.25, 0.3) is 0 Å². The van der Waals surface area contributed by atoms with Crippen LogP contribution >= 0.6 is 0 Å². The maximum atomic E-state index is 12.0. The molecule has 0 aromatic heterocycles. The van der Waals surface area contributed by atoms with Gasteiger partial charge in [0.2, 0.25) is 5.96 Å². The summed E-state index contributed by atoms with van der Waals surface area (Å²) in [4.78, 5) is 12.0. The highest BCUT2D eigenvalue weighted by atomic mass is 16.6. The fourth-order valence-corrected chi connectivity index (χ4v) is 3.05. The van der Waals surface area contributed by atoms with E-state index < -0.39 is 11.7 Å². The molecule has 37 heavy (non-hydrogen) atoms. The van der Waals surface area contributed by atoms with Crippen LogP contribution in [0.2, 0.25) is 0 Å². The van der Waals surface area contributed by atoms with Crippen molar-refractivity contribution in [2.75, 3.05) is 6.54 Å². The minimum atomic E-state index is -0.614. The summed E-state index contributed by atoms with van der Waals surface area (Å²) < 4.78 is 11.1. The minimum absolute atomic E-state index is 0.0788. The molecule has 3 aromatic rings. The molecule has 0 aliphatic carbocycles. The van der Waals surface area contributed by atoms with Crippen molar-refractivity contribution in [3.05, 3.63) is 101 Å². The number of amides is 1. The molecule has 0 unspecified atom stereocenters. The monoisotopic (exact) mass is 497 g/mol. The van der Waals surface area contributed by atoms with Gasteiger partial charge in [-0.3, -0.25) is 0 Å². The number of nitrogens with zero attached hydrogens (tertiary/aromatic N) is 2. The zero-order valence-corrected chi connectivity index (χ0v) is 21.2. The summed E-state index contributed by atoms with van der Waals surface area (Å²) in [5, 5.41) is 10.4. The zero-order valence-electron chi connectivity index (χ0n) is 21.2. The van der Waals surface area contributed by atoms with Crippen molar-refractivity contribution in [1.82, 2.24) is 5.32 Å². The predicted molar refractivity (Wildman–Crippen MR) is 146 cm³/mol. The molecule has 8 heteroatoms. The Morgan fingerprint density at radius 2 is 1.46 bits per heavy atom. The Labute approximate surface area is 217 Å². The van der Waals surface area contributed by atoms with E-state index in [1.807, 2.05) is 78.9 Å². The number of hydrogen-bond acceptors (Lipinski definition) is 5. The highest BCUT2D eigenvalue weighted by Gasteiger charge is 2.16. The van der Waals surface area contributed by atoms with Crippen molar-refractivity contribution >= 4 is 17.8 Å². The third-order valence-electron chi connectivity index (χ3n) is 4.76. The summed E-state index contributed by atoms with van der Waals surface area (Å²) in [5.41, 5.74) is 14.2. The summed E-state index contributed by atoms with van der Waals surface area (Å²) in [6.45, 7) is 5.95. The van der Waals surface area contributed by atoms with Crippen molar-refractivity contribution in [3.8, 4) is 17.6 Å². The molecule has 190 valence electrons. The van der Waals surface area contributed by atoms with E-state index in [0.29, 0.717) is 12.3 Å². The first kappa shape index (κ1) is 26.8. The molecule has 0 radical (unpaired) electrons. The molecule has 0 fully saturated rings. The number of ether oxygens (including phenoxy) is 2. The van der Waals surface area contributed by atoms with Crippen LogP contribution in [0.5, 0.6) is 5.75 Å². The second-order valence-electron chi connectivity index (χ2n) is 9.05. The van der Waals surface area contributed by atoms with Crippen molar-refractivity contribution in [1.29, 1.82) is 0 Å². The molecular weight excluding hydrogens is 466 g/mol. The van der Waals surface area contributed by atoms with Crippen LogP contribution < -0.4 is 21.5 Å². The fourth-order valence-electron chi connectivity index (χ4n) is 3.05. The average Bonchev–Trinajstić information content (AvgIpc) is 2.87. The molecule has 0 saturated heterocycles. The van der Waals surface area contributed by atoms with Crippen LogP contribution in [0.3, 0.4) is 0 Å². The SMILES string of the molecule is CC(C)(C)OC(=O)NC/C(=N\N=C(N)N)c1ccc(C#Cc2ccc(OCc3ccccc3)cc2)cc1. The molecule has 5 N–H and O–H groups in total. The molecule has 0 saturated carbocycles. The van der Waals surface area contributed by atoms with Crippen LogP contribution in [0.15, 0.2) is 89.1 Å². The summed E-state index contributed by atoms with van der Waals surface area (Å²) in [7, 11) is 0. The van der Waals surface area contributed by atoms with E-state index in [1.165, 1.54) is 0 Å². The van der Waals surface area contributed by atoms with Gasteiger partial charge in [0.05, 0.1) is 12.3 Å². The molecule has 0 spiro atoms. The second-order valence-corrected chi connectivity index (χ2v) is 9.05. The van der Waals surface area contributed by atoms with E-state index in [2.05, 4.69) is 27.4 Å². The quantitative estimate of drug-likeness (QED) is 0.196. The van der Waals surface area contributed by atoms with Gasteiger partial charge in [0.1, 0.15) is 18.0 Å². The molecule has 3 aromatic carbocycles. The van der Waals surface area contributed by atoms with Crippen molar-refractivity contribution in [2.45, 2.75) is 33.0 Å². The summed E-state index contributed by atoms with van der Waals surface area (Å²) >= 11 is 0. The lowest BCUT2D eigenvalue weighted by Crippen LogP contribution is -2.35. The molecular formula is C29H31N5O3. The molecule has 3 rings (SSSR count). The van der Waals surface area contributed by atoms with Crippen molar-refractivity contribution in [2.24, 2.45) is 21.7 Å². The number of benzene rings is 3. The first-order chi connectivity index (χ1) is 17.7. The van der Waals surface area contributed by atoms with Crippen LogP contribution in [0.4, 0.5) is 4.79 Å². The molecule has 1 amide bonds. The van der Waals surface area contributed by atoms with Crippen LogP contribution in [0, 0.1) is 11.8 Å². The lowest BCUT2D eigenvalue weighted by Gasteiger charge is -2.19. The minimum Gasteiger partial charge on any atom is -0.489 e. The standard InChI is InChI=1S/C29H31N5O3/c1-29(2,3)37-28(35)32-19-26(33-34-27(30)31)24-15-11-21(12-16-24)9-10-22-13-17-25(18-14-22)36-20-23-7-5-4-6-8-23/h4-8,11-18H,19-20H2,1-3H3,(H,32,35)(H4,30,31,34)/b33-26+. The van der Waals surface area contributed by atoms with E-state index in [0.717, 1.165) is 28.0 Å². The van der Waals surface area contributed by atoms with Gasteiger partial charge in [0.15, 0.2) is 0 Å². The Hall–Kier alpha value is -4.77. The number of carbonyl (C=O) groups excluding carboxylic acids is 1. The highest BCUT2D eigenvalue weighted by Crippen LogP contribution is 2.14. The molecule has 0 bridgehead atoms. The topological polar surface area (TPSA) is 124 Å². The summed E-state index contributed by atoms with van der Waals surface area (Å²) in [6, 6.07) is 25.0. The Bertz CT molecular complexity index is 1290. The summed E-state index contributed by atoms with van der Waals surface area (Å²) in [5.74, 6) is 6.89. The summed E-state index contributed by atoms with van der Waals surface area (Å²) in [6.07, 6.45) is -0.566. The van der Waals surface area contributed by atoms with Gasteiger partial charge in [0, 0.05) is 11.1 Å². The maximum Gasteiger partial charge on any atom is 0.407 e. The van der Waals surface area contributed by atoms with Gasteiger partial charge in [-0.2, -0.15) is 0 Å². The van der Waals surface area contributed by atoms with E-state index in [-0.39, 0.29) is 12.5 Å². The van der Waals surface area contributed by atoms with Gasteiger partial charge in [-0.1, -0.05) is 54.3 Å². The average molecular weight is 498 g/mol. The van der Waals surface area contributed by atoms with Gasteiger partial charge in [-0.05, 0) is 68.3 Å². The second kappa shape index (κ2) is 12.8. The van der Waals surface area contributed by atoms with Crippen LogP contribution in [-0.2, 0) is 11.3 Å². The van der Waals surface area contributed by atoms with E-state index in [4.69, 9.17) is 20.9 Å². The smallest absolute Gasteiger partial charge is 0.407 e. The molecule has 0 aliphatic heterocycles.